The van der Waals surface area contributed by atoms with Crippen LogP contribution in [-0.4, -0.2) is 46.5 Å². The molecule has 1 aromatic rings. The van der Waals surface area contributed by atoms with Crippen molar-refractivity contribution in [2.45, 2.75) is 57.8 Å². The molecule has 0 aliphatic heterocycles. The first-order chi connectivity index (χ1) is 13.2. The van der Waals surface area contributed by atoms with Gasteiger partial charge in [-0.3, -0.25) is 4.98 Å². The Hall–Kier alpha value is -1.73. The minimum atomic E-state index is -3.86. The molecule has 0 bridgehead atoms. The number of nitrogens with one attached hydrogen (secondary N) is 2. The molecule has 0 saturated heterocycles. The Labute approximate surface area is 168 Å². The fraction of sp³-hybridized carbons (Fsp3) is 0.684. The average molecular weight is 413 g/mol. The number of rotatable bonds is 12. The van der Waals surface area contributed by atoms with Gasteiger partial charge in [0, 0.05) is 33.2 Å². The molecule has 0 aliphatic carbocycles. The van der Waals surface area contributed by atoms with E-state index in [0.29, 0.717) is 18.9 Å². The zero-order valence-electron chi connectivity index (χ0n) is 17.5. The Morgan fingerprint density at radius 2 is 1.86 bits per heavy atom. The maximum absolute atomic E-state index is 12.9. The highest BCUT2D eigenvalue weighted by Crippen LogP contribution is 2.26. The molecule has 1 aromatic heterocycles. The van der Waals surface area contributed by atoms with E-state index < -0.39 is 16.3 Å². The highest BCUT2D eigenvalue weighted by molar-refractivity contribution is 7.89. The number of ether oxygens (including phenoxy) is 2. The largest absolute Gasteiger partial charge is 0.375 e. The van der Waals surface area contributed by atoms with Crippen molar-refractivity contribution in [1.82, 2.24) is 9.71 Å². The number of pyridine rings is 1. The molecule has 0 spiro atoms. The van der Waals surface area contributed by atoms with Crippen LogP contribution in [-0.2, 0) is 19.5 Å². The van der Waals surface area contributed by atoms with Gasteiger partial charge in [-0.05, 0) is 24.7 Å². The smallest absolute Gasteiger partial charge is 0.244 e. The normalized spacial score (nSPS) is 14.1. The van der Waals surface area contributed by atoms with Crippen molar-refractivity contribution >= 4 is 15.7 Å². The lowest BCUT2D eigenvalue weighted by Crippen LogP contribution is -2.37. The number of sulfonamides is 1. The summed E-state index contributed by atoms with van der Waals surface area (Å²) in [5, 5.41) is 12.6. The molecule has 1 rings (SSSR count). The summed E-state index contributed by atoms with van der Waals surface area (Å²) >= 11 is 0. The van der Waals surface area contributed by atoms with Crippen molar-refractivity contribution in [2.75, 3.05) is 26.1 Å². The van der Waals surface area contributed by atoms with Gasteiger partial charge in [-0.25, -0.2) is 13.1 Å². The first-order valence-electron chi connectivity index (χ1n) is 9.39. The van der Waals surface area contributed by atoms with E-state index in [9.17, 15) is 13.7 Å². The molecule has 28 heavy (non-hydrogen) atoms. The Bertz CT molecular complexity index is 758. The van der Waals surface area contributed by atoms with Crippen LogP contribution in [0.1, 0.15) is 46.1 Å². The van der Waals surface area contributed by atoms with Gasteiger partial charge in [0.2, 0.25) is 10.0 Å². The average Bonchev–Trinajstić information content (AvgIpc) is 2.65. The van der Waals surface area contributed by atoms with E-state index in [1.807, 2.05) is 19.9 Å². The summed E-state index contributed by atoms with van der Waals surface area (Å²) in [5.74, 6) is 0.665. The highest BCUT2D eigenvalue weighted by atomic mass is 32.2. The van der Waals surface area contributed by atoms with Crippen LogP contribution in [0.2, 0.25) is 0 Å². The van der Waals surface area contributed by atoms with Crippen molar-refractivity contribution < 1.29 is 17.9 Å². The van der Waals surface area contributed by atoms with Gasteiger partial charge >= 0.3 is 0 Å². The molecule has 0 fully saturated rings. The van der Waals surface area contributed by atoms with E-state index in [0.717, 1.165) is 6.42 Å². The predicted molar refractivity (Wildman–Crippen MR) is 108 cm³/mol. The van der Waals surface area contributed by atoms with Gasteiger partial charge in [0.15, 0.2) is 6.29 Å². The highest BCUT2D eigenvalue weighted by Gasteiger charge is 2.27. The van der Waals surface area contributed by atoms with E-state index in [4.69, 9.17) is 9.47 Å². The molecule has 0 amide bonds. The van der Waals surface area contributed by atoms with E-state index in [-0.39, 0.29) is 28.1 Å². The van der Waals surface area contributed by atoms with Crippen molar-refractivity contribution in [3.63, 3.8) is 0 Å². The summed E-state index contributed by atoms with van der Waals surface area (Å²) in [6.45, 7) is 8.42. The van der Waals surface area contributed by atoms with Gasteiger partial charge in [-0.2, -0.15) is 5.26 Å². The minimum absolute atomic E-state index is 0.0623. The number of anilines is 1. The lowest BCUT2D eigenvalue weighted by Gasteiger charge is -2.27. The topological polar surface area (TPSA) is 113 Å². The molecular formula is C19H32N4O4S. The predicted octanol–water partition coefficient (Wildman–Crippen LogP) is 2.72. The van der Waals surface area contributed by atoms with Crippen LogP contribution >= 0.6 is 0 Å². The fourth-order valence-electron chi connectivity index (χ4n) is 3.07. The van der Waals surface area contributed by atoms with Crippen molar-refractivity contribution in [3.05, 3.63) is 18.0 Å². The summed E-state index contributed by atoms with van der Waals surface area (Å²) in [6.07, 6.45) is 3.49. The molecule has 8 nitrogen and oxygen atoms in total. The number of hydrogen-bond acceptors (Lipinski definition) is 7. The van der Waals surface area contributed by atoms with Crippen LogP contribution in [0.15, 0.2) is 17.3 Å². The Morgan fingerprint density at radius 3 is 2.36 bits per heavy atom. The minimum Gasteiger partial charge on any atom is -0.375 e. The van der Waals surface area contributed by atoms with Gasteiger partial charge in [-0.15, -0.1) is 0 Å². The summed E-state index contributed by atoms with van der Waals surface area (Å²) in [6, 6.07) is 1.66. The Balaban J connectivity index is 3.20. The van der Waals surface area contributed by atoms with Crippen LogP contribution in [0.3, 0.4) is 0 Å². The van der Waals surface area contributed by atoms with Crippen LogP contribution in [0.5, 0.6) is 0 Å². The summed E-state index contributed by atoms with van der Waals surface area (Å²) in [4.78, 5) is 3.87. The zero-order valence-corrected chi connectivity index (χ0v) is 18.3. The molecule has 0 aromatic carbocycles. The standard InChI is InChI=1S/C19H32N4O4S/c1-7-16(19(26-5)27-6)23-18-15(9-20)11-21-12-17(18)28(24,25)22-10-14(4)8-13(2)3/h11-14,16,19,22H,7-8,10H2,1-6H3,(H,21,23). The van der Waals surface area contributed by atoms with Gasteiger partial charge in [0.05, 0.1) is 17.3 Å². The molecule has 2 atom stereocenters. The number of hydrogen-bond donors (Lipinski definition) is 2. The maximum Gasteiger partial charge on any atom is 0.244 e. The Morgan fingerprint density at radius 1 is 1.21 bits per heavy atom. The molecule has 0 radical (unpaired) electrons. The van der Waals surface area contributed by atoms with Crippen molar-refractivity contribution in [2.24, 2.45) is 11.8 Å². The monoisotopic (exact) mass is 412 g/mol. The second kappa shape index (κ2) is 11.3. The number of nitrogens with zero attached hydrogens (tertiary/aromatic N) is 2. The van der Waals surface area contributed by atoms with Crippen LogP contribution in [0.4, 0.5) is 5.69 Å². The number of methoxy groups -OCH3 is 2. The van der Waals surface area contributed by atoms with Crippen molar-refractivity contribution in [3.8, 4) is 6.07 Å². The zero-order chi connectivity index (χ0) is 21.3. The first-order valence-corrected chi connectivity index (χ1v) is 10.9. The lowest BCUT2D eigenvalue weighted by molar-refractivity contribution is -0.112. The summed E-state index contributed by atoms with van der Waals surface area (Å²) in [5.41, 5.74) is 0.343. The summed E-state index contributed by atoms with van der Waals surface area (Å²) < 4.78 is 39.1. The molecule has 0 saturated carbocycles. The van der Waals surface area contributed by atoms with Crippen LogP contribution < -0.4 is 10.0 Å². The quantitative estimate of drug-likeness (QED) is 0.507. The maximum atomic E-state index is 12.9. The first kappa shape index (κ1) is 24.3. The van der Waals surface area contributed by atoms with E-state index in [1.165, 1.54) is 26.6 Å². The van der Waals surface area contributed by atoms with Crippen molar-refractivity contribution in [1.29, 1.82) is 5.26 Å². The van der Waals surface area contributed by atoms with Gasteiger partial charge in [0.1, 0.15) is 11.0 Å². The Kier molecular flexibility index (Phi) is 9.82. The lowest BCUT2D eigenvalue weighted by atomic mass is 9.99. The van der Waals surface area contributed by atoms with Gasteiger partial charge in [0.25, 0.3) is 0 Å². The van der Waals surface area contributed by atoms with E-state index >= 15 is 0 Å². The molecule has 2 unspecified atom stereocenters. The van der Waals surface area contributed by atoms with E-state index in [1.54, 1.807) is 0 Å². The van der Waals surface area contributed by atoms with Gasteiger partial charge in [-0.1, -0.05) is 27.7 Å². The summed E-state index contributed by atoms with van der Waals surface area (Å²) in [7, 11) is -0.844. The molecule has 2 N–H and O–H groups in total. The van der Waals surface area contributed by atoms with Gasteiger partial charge < -0.3 is 14.8 Å². The van der Waals surface area contributed by atoms with Crippen LogP contribution in [0.25, 0.3) is 0 Å². The van der Waals surface area contributed by atoms with Crippen LogP contribution in [0, 0.1) is 23.2 Å². The fourth-order valence-corrected chi connectivity index (χ4v) is 4.37. The third kappa shape index (κ3) is 6.71. The van der Waals surface area contributed by atoms with E-state index in [2.05, 4.69) is 28.9 Å². The molecule has 9 heteroatoms. The molecule has 0 aliphatic rings. The number of nitriles is 1. The third-order valence-electron chi connectivity index (χ3n) is 4.38. The molecule has 1 heterocycles. The number of aromatic nitrogens is 1. The SMILES string of the molecule is CCC(Nc1c(C#N)cncc1S(=O)(=O)NCC(C)CC(C)C)C(OC)OC. The second-order valence-corrected chi connectivity index (χ2v) is 8.99. The third-order valence-corrected chi connectivity index (χ3v) is 5.81. The second-order valence-electron chi connectivity index (χ2n) is 7.26. The molecule has 158 valence electrons. The molecular weight excluding hydrogens is 380 g/mol.